The van der Waals surface area contributed by atoms with E-state index in [1.54, 1.807) is 31.4 Å². The summed E-state index contributed by atoms with van der Waals surface area (Å²) in [7, 11) is 1.62. The third kappa shape index (κ3) is 5.31. The van der Waals surface area contributed by atoms with E-state index in [1.807, 2.05) is 24.3 Å². The highest BCUT2D eigenvalue weighted by Crippen LogP contribution is 2.17. The van der Waals surface area contributed by atoms with Crippen molar-refractivity contribution in [1.82, 2.24) is 15.2 Å². The first-order valence-electron chi connectivity index (χ1n) is 8.24. The molecule has 0 unspecified atom stereocenters. The Morgan fingerprint density at radius 3 is 2.48 bits per heavy atom. The lowest BCUT2D eigenvalue weighted by molar-refractivity contribution is 0.331. The fourth-order valence-electron chi connectivity index (χ4n) is 2.22. The molecule has 1 heterocycles. The predicted molar refractivity (Wildman–Crippen MR) is 101 cm³/mol. The number of hydrogen-bond donors (Lipinski definition) is 2. The van der Waals surface area contributed by atoms with E-state index in [0.717, 1.165) is 17.2 Å². The molecule has 136 valence electrons. The van der Waals surface area contributed by atoms with Crippen molar-refractivity contribution in [3.05, 3.63) is 60.3 Å². The Balaban J connectivity index is 1.48. The molecule has 0 fully saturated rings. The van der Waals surface area contributed by atoms with Crippen LogP contribution in [0, 0.1) is 11.3 Å². The second-order valence-corrected chi connectivity index (χ2v) is 5.43. The molecule has 0 saturated heterocycles. The maximum Gasteiger partial charge on any atom is 0.244 e. The predicted octanol–water partition coefficient (Wildman–Crippen LogP) is 2.99. The van der Waals surface area contributed by atoms with Crippen LogP contribution in [0.3, 0.4) is 0 Å². The molecule has 0 spiro atoms. The van der Waals surface area contributed by atoms with Gasteiger partial charge in [0.05, 0.1) is 31.5 Å². The normalized spacial score (nSPS) is 9.93. The van der Waals surface area contributed by atoms with Crippen molar-refractivity contribution in [2.24, 2.45) is 0 Å². The van der Waals surface area contributed by atoms with Gasteiger partial charge < -0.3 is 20.1 Å². The summed E-state index contributed by atoms with van der Waals surface area (Å²) in [5.74, 6) is 2.49. The summed E-state index contributed by atoms with van der Waals surface area (Å²) in [6.45, 7) is 0.969. The molecule has 0 atom stereocenters. The Morgan fingerprint density at radius 1 is 1.04 bits per heavy atom. The number of ether oxygens (including phenoxy) is 2. The molecule has 3 aromatic rings. The van der Waals surface area contributed by atoms with E-state index in [1.165, 1.54) is 6.20 Å². The van der Waals surface area contributed by atoms with Crippen LogP contribution < -0.4 is 20.1 Å². The van der Waals surface area contributed by atoms with Gasteiger partial charge in [-0.3, -0.25) is 0 Å². The Morgan fingerprint density at radius 2 is 1.78 bits per heavy atom. The fourth-order valence-corrected chi connectivity index (χ4v) is 2.22. The van der Waals surface area contributed by atoms with Crippen LogP contribution in [0.4, 0.5) is 17.5 Å². The number of benzene rings is 2. The zero-order valence-electron chi connectivity index (χ0n) is 14.7. The van der Waals surface area contributed by atoms with Gasteiger partial charge in [-0.05, 0) is 48.5 Å². The van der Waals surface area contributed by atoms with Gasteiger partial charge in [-0.15, -0.1) is 5.10 Å². The first kappa shape index (κ1) is 17.9. The van der Waals surface area contributed by atoms with Crippen molar-refractivity contribution in [3.63, 3.8) is 0 Å². The molecule has 2 N–H and O–H groups in total. The number of hydrogen-bond acceptors (Lipinski definition) is 8. The third-order valence-electron chi connectivity index (χ3n) is 3.56. The van der Waals surface area contributed by atoms with Crippen LogP contribution in [0.5, 0.6) is 11.5 Å². The van der Waals surface area contributed by atoms with E-state index >= 15 is 0 Å². The van der Waals surface area contributed by atoms with Crippen LogP contribution in [-0.2, 0) is 0 Å². The van der Waals surface area contributed by atoms with Crippen molar-refractivity contribution in [3.8, 4) is 17.6 Å². The highest BCUT2D eigenvalue weighted by molar-refractivity contribution is 5.57. The van der Waals surface area contributed by atoms with Crippen LogP contribution >= 0.6 is 0 Å². The van der Waals surface area contributed by atoms with E-state index < -0.39 is 0 Å². The van der Waals surface area contributed by atoms with E-state index in [4.69, 9.17) is 14.7 Å². The lowest BCUT2D eigenvalue weighted by Gasteiger charge is -2.09. The summed E-state index contributed by atoms with van der Waals surface area (Å²) in [4.78, 5) is 4.34. The molecule has 1 aromatic heterocycles. The van der Waals surface area contributed by atoms with Crippen LogP contribution in [0.1, 0.15) is 5.56 Å². The van der Waals surface area contributed by atoms with Crippen molar-refractivity contribution in [2.45, 2.75) is 0 Å². The Labute approximate surface area is 156 Å². The van der Waals surface area contributed by atoms with Crippen LogP contribution in [0.25, 0.3) is 0 Å². The van der Waals surface area contributed by atoms with Gasteiger partial charge >= 0.3 is 0 Å². The van der Waals surface area contributed by atoms with Crippen molar-refractivity contribution in [1.29, 1.82) is 5.26 Å². The molecule has 3 rings (SSSR count). The molecule has 0 bridgehead atoms. The van der Waals surface area contributed by atoms with E-state index in [0.29, 0.717) is 30.5 Å². The minimum absolute atomic E-state index is 0.395. The quantitative estimate of drug-likeness (QED) is 0.589. The molecule has 8 nitrogen and oxygen atoms in total. The molecular weight excluding hydrogens is 344 g/mol. The van der Waals surface area contributed by atoms with E-state index in [9.17, 15) is 0 Å². The second kappa shape index (κ2) is 9.01. The number of anilines is 3. The topological polar surface area (TPSA) is 105 Å². The number of rotatable bonds is 8. The van der Waals surface area contributed by atoms with Crippen LogP contribution in [0.15, 0.2) is 54.7 Å². The van der Waals surface area contributed by atoms with Gasteiger partial charge in [0.15, 0.2) is 5.82 Å². The number of nitriles is 1. The van der Waals surface area contributed by atoms with Gasteiger partial charge in [-0.1, -0.05) is 0 Å². The summed E-state index contributed by atoms with van der Waals surface area (Å²) >= 11 is 0. The number of methoxy groups -OCH3 is 1. The van der Waals surface area contributed by atoms with Crippen LogP contribution in [-0.4, -0.2) is 35.4 Å². The minimum atomic E-state index is 0.395. The number of nitrogens with one attached hydrogen (secondary N) is 2. The molecule has 0 aliphatic rings. The van der Waals surface area contributed by atoms with Gasteiger partial charge in [-0.2, -0.15) is 15.3 Å². The van der Waals surface area contributed by atoms with Crippen molar-refractivity contribution >= 4 is 17.5 Å². The largest absolute Gasteiger partial charge is 0.497 e. The first-order chi connectivity index (χ1) is 13.3. The van der Waals surface area contributed by atoms with Gasteiger partial charge in [0, 0.05) is 5.69 Å². The molecule has 0 aliphatic carbocycles. The Hall–Kier alpha value is -3.86. The van der Waals surface area contributed by atoms with E-state index in [2.05, 4.69) is 31.9 Å². The average Bonchev–Trinajstić information content (AvgIpc) is 2.72. The Bertz CT molecular complexity index is 907. The van der Waals surface area contributed by atoms with Crippen molar-refractivity contribution in [2.75, 3.05) is 30.9 Å². The molecule has 0 aliphatic heterocycles. The fraction of sp³-hybridized carbons (Fsp3) is 0.158. The summed E-state index contributed by atoms with van der Waals surface area (Å²) < 4.78 is 10.7. The maximum atomic E-state index is 8.83. The monoisotopic (exact) mass is 362 g/mol. The van der Waals surface area contributed by atoms with Gasteiger partial charge in [0.2, 0.25) is 5.95 Å². The second-order valence-electron chi connectivity index (χ2n) is 5.43. The average molecular weight is 362 g/mol. The third-order valence-corrected chi connectivity index (χ3v) is 3.56. The molecular formula is C19H18N6O2. The lowest BCUT2D eigenvalue weighted by atomic mass is 10.2. The smallest absolute Gasteiger partial charge is 0.244 e. The maximum absolute atomic E-state index is 8.83. The highest BCUT2D eigenvalue weighted by Gasteiger charge is 2.02. The van der Waals surface area contributed by atoms with Gasteiger partial charge in [-0.25, -0.2) is 0 Å². The molecule has 2 aromatic carbocycles. The molecule has 0 amide bonds. The van der Waals surface area contributed by atoms with Gasteiger partial charge in [0.1, 0.15) is 18.1 Å². The molecule has 8 heteroatoms. The highest BCUT2D eigenvalue weighted by atomic mass is 16.5. The zero-order valence-corrected chi connectivity index (χ0v) is 14.7. The molecule has 27 heavy (non-hydrogen) atoms. The minimum Gasteiger partial charge on any atom is -0.497 e. The summed E-state index contributed by atoms with van der Waals surface area (Å²) in [5.41, 5.74) is 1.41. The summed E-state index contributed by atoms with van der Waals surface area (Å²) in [6.07, 6.45) is 1.53. The zero-order chi connectivity index (χ0) is 18.9. The number of aromatic nitrogens is 3. The number of nitrogens with zero attached hydrogens (tertiary/aromatic N) is 4. The molecule has 0 radical (unpaired) electrons. The lowest BCUT2D eigenvalue weighted by Crippen LogP contribution is -2.14. The van der Waals surface area contributed by atoms with Gasteiger partial charge in [0.25, 0.3) is 0 Å². The van der Waals surface area contributed by atoms with Crippen molar-refractivity contribution < 1.29 is 9.47 Å². The summed E-state index contributed by atoms with van der Waals surface area (Å²) in [5, 5.41) is 22.9. The standard InChI is InChI=1S/C19H18N6O2/c1-26-16-6-8-17(9-7-16)27-11-10-21-19-24-18(13-22-25-19)23-15-4-2-14(12-20)3-5-15/h2-9,13H,10-11H2,1H3,(H2,21,23,24,25). The molecule has 0 saturated carbocycles. The first-order valence-corrected chi connectivity index (χ1v) is 8.24. The summed E-state index contributed by atoms with van der Waals surface area (Å²) in [6, 6.07) is 16.5. The van der Waals surface area contributed by atoms with Crippen LogP contribution in [0.2, 0.25) is 0 Å². The SMILES string of the molecule is COc1ccc(OCCNc2nncc(Nc3ccc(C#N)cc3)n2)cc1. The Kier molecular flexibility index (Phi) is 5.99. The van der Waals surface area contributed by atoms with E-state index in [-0.39, 0.29) is 0 Å².